The summed E-state index contributed by atoms with van der Waals surface area (Å²) < 4.78 is 5.53. The van der Waals surface area contributed by atoms with E-state index in [4.69, 9.17) is 10.2 Å². The number of nitrogens with two attached hydrogens (primary N) is 1. The summed E-state index contributed by atoms with van der Waals surface area (Å²) in [5.41, 5.74) is 5.16. The first-order valence-electron chi connectivity index (χ1n) is 6.18. The predicted molar refractivity (Wildman–Crippen MR) is 68.1 cm³/mol. The Labute approximate surface area is 107 Å². The summed E-state index contributed by atoms with van der Waals surface area (Å²) in [6, 6.07) is 0.329. The smallest absolute Gasteiger partial charge is 0.318 e. The zero-order chi connectivity index (χ0) is 13.5. The number of rotatable bonds is 8. The van der Waals surface area contributed by atoms with Gasteiger partial charge in [-0.1, -0.05) is 12.0 Å². The zero-order valence-corrected chi connectivity index (χ0v) is 11.1. The molecule has 0 radical (unpaired) electrons. The van der Waals surface area contributed by atoms with E-state index in [9.17, 15) is 4.79 Å². The fraction of sp³-hybridized carbons (Fsp3) is 0.727. The van der Waals surface area contributed by atoms with Crippen LogP contribution in [0.2, 0.25) is 0 Å². The van der Waals surface area contributed by atoms with Gasteiger partial charge in [0, 0.05) is 6.54 Å². The SMILES string of the molecule is CCCNC(C)c1nnc(N(CC)CC(N)=O)o1. The van der Waals surface area contributed by atoms with Crippen LogP contribution in [0.4, 0.5) is 6.01 Å². The third kappa shape index (κ3) is 3.99. The van der Waals surface area contributed by atoms with Crippen LogP contribution < -0.4 is 16.0 Å². The van der Waals surface area contributed by atoms with Gasteiger partial charge in [0.05, 0.1) is 6.04 Å². The largest absolute Gasteiger partial charge is 0.406 e. The van der Waals surface area contributed by atoms with Gasteiger partial charge in [0.15, 0.2) is 0 Å². The van der Waals surface area contributed by atoms with Gasteiger partial charge < -0.3 is 20.4 Å². The molecule has 7 heteroatoms. The fourth-order valence-electron chi connectivity index (χ4n) is 1.48. The topological polar surface area (TPSA) is 97.3 Å². The average molecular weight is 255 g/mol. The molecule has 0 aliphatic carbocycles. The molecule has 0 bridgehead atoms. The molecule has 18 heavy (non-hydrogen) atoms. The molecular formula is C11H21N5O2. The Balaban J connectivity index is 2.68. The van der Waals surface area contributed by atoms with Crippen LogP contribution in [0, 0.1) is 0 Å². The molecule has 1 atom stereocenters. The van der Waals surface area contributed by atoms with Gasteiger partial charge in [0.25, 0.3) is 0 Å². The van der Waals surface area contributed by atoms with Crippen LogP contribution in [0.5, 0.6) is 0 Å². The van der Waals surface area contributed by atoms with Crippen LogP contribution in [0.25, 0.3) is 0 Å². The van der Waals surface area contributed by atoms with Gasteiger partial charge >= 0.3 is 6.01 Å². The highest BCUT2D eigenvalue weighted by Crippen LogP contribution is 2.16. The minimum absolute atomic E-state index is 0.00140. The van der Waals surface area contributed by atoms with Crippen molar-refractivity contribution < 1.29 is 9.21 Å². The second-order valence-corrected chi connectivity index (χ2v) is 4.08. The molecular weight excluding hydrogens is 234 g/mol. The molecule has 102 valence electrons. The van der Waals surface area contributed by atoms with E-state index in [-0.39, 0.29) is 12.6 Å². The van der Waals surface area contributed by atoms with Crippen LogP contribution in [0.15, 0.2) is 4.42 Å². The molecule has 0 saturated carbocycles. The zero-order valence-electron chi connectivity index (χ0n) is 11.1. The molecule has 0 fully saturated rings. The first kappa shape index (κ1) is 14.4. The number of aromatic nitrogens is 2. The van der Waals surface area contributed by atoms with Gasteiger partial charge in [-0.05, 0) is 26.8 Å². The normalized spacial score (nSPS) is 12.4. The Bertz CT molecular complexity index is 379. The molecule has 0 spiro atoms. The van der Waals surface area contributed by atoms with Crippen LogP contribution >= 0.6 is 0 Å². The third-order valence-corrected chi connectivity index (χ3v) is 2.50. The summed E-state index contributed by atoms with van der Waals surface area (Å²) in [6.45, 7) is 7.49. The lowest BCUT2D eigenvalue weighted by molar-refractivity contribution is -0.116. The Morgan fingerprint density at radius 2 is 2.22 bits per heavy atom. The molecule has 0 aliphatic rings. The number of nitrogens with one attached hydrogen (secondary N) is 1. The third-order valence-electron chi connectivity index (χ3n) is 2.50. The Morgan fingerprint density at radius 3 is 2.78 bits per heavy atom. The lowest BCUT2D eigenvalue weighted by atomic mass is 10.3. The number of likely N-dealkylation sites (N-methyl/N-ethyl adjacent to an activating group) is 1. The summed E-state index contributed by atoms with van der Waals surface area (Å²) in [6.07, 6.45) is 1.04. The number of amides is 1. The van der Waals surface area contributed by atoms with Crippen LogP contribution in [0.1, 0.15) is 39.1 Å². The number of primary amides is 1. The van der Waals surface area contributed by atoms with Crippen molar-refractivity contribution in [1.29, 1.82) is 0 Å². The van der Waals surface area contributed by atoms with Crippen LogP contribution in [-0.4, -0.2) is 35.7 Å². The molecule has 7 nitrogen and oxygen atoms in total. The molecule has 1 heterocycles. The van der Waals surface area contributed by atoms with E-state index >= 15 is 0 Å². The highest BCUT2D eigenvalue weighted by molar-refractivity contribution is 5.78. The number of hydrogen-bond acceptors (Lipinski definition) is 6. The summed E-state index contributed by atoms with van der Waals surface area (Å²) in [5, 5.41) is 11.2. The Morgan fingerprint density at radius 1 is 1.50 bits per heavy atom. The average Bonchev–Trinajstić information content (AvgIpc) is 2.82. The van der Waals surface area contributed by atoms with E-state index in [0.29, 0.717) is 18.5 Å². The molecule has 1 amide bonds. The van der Waals surface area contributed by atoms with E-state index in [0.717, 1.165) is 13.0 Å². The van der Waals surface area contributed by atoms with E-state index in [2.05, 4.69) is 22.4 Å². The summed E-state index contributed by atoms with van der Waals surface area (Å²) in [4.78, 5) is 12.5. The molecule has 1 rings (SSSR count). The monoisotopic (exact) mass is 255 g/mol. The molecule has 1 aromatic heterocycles. The number of nitrogens with zero attached hydrogens (tertiary/aromatic N) is 3. The van der Waals surface area contributed by atoms with Gasteiger partial charge in [-0.3, -0.25) is 4.79 Å². The maximum Gasteiger partial charge on any atom is 0.318 e. The molecule has 0 saturated heterocycles. The van der Waals surface area contributed by atoms with Crippen molar-refractivity contribution in [3.05, 3.63) is 5.89 Å². The second-order valence-electron chi connectivity index (χ2n) is 4.08. The van der Waals surface area contributed by atoms with Gasteiger partial charge in [-0.15, -0.1) is 5.10 Å². The van der Waals surface area contributed by atoms with E-state index in [1.807, 2.05) is 13.8 Å². The summed E-state index contributed by atoms with van der Waals surface area (Å²) >= 11 is 0. The fourth-order valence-corrected chi connectivity index (χ4v) is 1.48. The molecule has 0 aromatic carbocycles. The molecule has 1 aromatic rings. The minimum atomic E-state index is -0.422. The maximum absolute atomic E-state index is 10.9. The minimum Gasteiger partial charge on any atom is -0.406 e. The number of hydrogen-bond donors (Lipinski definition) is 2. The van der Waals surface area contributed by atoms with Crippen molar-refractivity contribution >= 4 is 11.9 Å². The number of carbonyl (C=O) groups excluding carboxylic acids is 1. The lowest BCUT2D eigenvalue weighted by Gasteiger charge is -2.15. The lowest BCUT2D eigenvalue weighted by Crippen LogP contribution is -2.33. The Hall–Kier alpha value is -1.63. The quantitative estimate of drug-likeness (QED) is 0.699. The van der Waals surface area contributed by atoms with Crippen molar-refractivity contribution in [2.45, 2.75) is 33.2 Å². The number of anilines is 1. The summed E-state index contributed by atoms with van der Waals surface area (Å²) in [5.74, 6) is 0.0927. The first-order chi connectivity index (χ1) is 8.58. The van der Waals surface area contributed by atoms with Crippen molar-refractivity contribution in [3.63, 3.8) is 0 Å². The molecule has 1 unspecified atom stereocenters. The first-order valence-corrected chi connectivity index (χ1v) is 6.18. The molecule has 0 aliphatic heterocycles. The van der Waals surface area contributed by atoms with Crippen molar-refractivity contribution in [2.75, 3.05) is 24.5 Å². The van der Waals surface area contributed by atoms with Gasteiger partial charge in [-0.2, -0.15) is 0 Å². The van der Waals surface area contributed by atoms with Crippen molar-refractivity contribution in [3.8, 4) is 0 Å². The highest BCUT2D eigenvalue weighted by Gasteiger charge is 2.17. The van der Waals surface area contributed by atoms with E-state index in [1.165, 1.54) is 0 Å². The standard InChI is InChI=1S/C11H21N5O2/c1-4-6-13-8(3)10-14-15-11(18-10)16(5-2)7-9(12)17/h8,13H,4-7H2,1-3H3,(H2,12,17). The Kier molecular flexibility index (Phi) is 5.57. The van der Waals surface area contributed by atoms with Crippen molar-refractivity contribution in [1.82, 2.24) is 15.5 Å². The van der Waals surface area contributed by atoms with E-state index < -0.39 is 5.91 Å². The van der Waals surface area contributed by atoms with Gasteiger partial charge in [0.2, 0.25) is 11.8 Å². The van der Waals surface area contributed by atoms with Gasteiger partial charge in [-0.25, -0.2) is 0 Å². The predicted octanol–water partition coefficient (Wildman–Crippen LogP) is 0.442. The maximum atomic E-state index is 10.9. The van der Waals surface area contributed by atoms with Crippen molar-refractivity contribution in [2.24, 2.45) is 5.73 Å². The van der Waals surface area contributed by atoms with E-state index in [1.54, 1.807) is 4.90 Å². The highest BCUT2D eigenvalue weighted by atomic mass is 16.4. The molecule has 3 N–H and O–H groups in total. The summed E-state index contributed by atoms with van der Waals surface area (Å²) in [7, 11) is 0. The van der Waals surface area contributed by atoms with Gasteiger partial charge in [0.1, 0.15) is 6.54 Å². The van der Waals surface area contributed by atoms with Crippen LogP contribution in [-0.2, 0) is 4.79 Å². The van der Waals surface area contributed by atoms with Crippen LogP contribution in [0.3, 0.4) is 0 Å². The second kappa shape index (κ2) is 6.95. The number of carbonyl (C=O) groups is 1.